The van der Waals surface area contributed by atoms with Crippen LogP contribution in [-0.2, 0) is 20.9 Å². The molecule has 0 aliphatic heterocycles. The molecule has 3 heteroatoms. The number of carbonyl (C=O) groups excluding carboxylic acids is 1. The zero-order valence-corrected chi connectivity index (χ0v) is 12.8. The van der Waals surface area contributed by atoms with E-state index < -0.39 is 5.60 Å². The Morgan fingerprint density at radius 3 is 2.55 bits per heavy atom. The second-order valence-electron chi connectivity index (χ2n) is 6.82. The zero-order chi connectivity index (χ0) is 14.8. The summed E-state index contributed by atoms with van der Waals surface area (Å²) in [6, 6.07) is 10.1. The summed E-state index contributed by atoms with van der Waals surface area (Å²) in [6.07, 6.45) is 0.858. The normalized spacial score (nSPS) is 25.3. The molecule has 0 bridgehead atoms. The van der Waals surface area contributed by atoms with Crippen molar-refractivity contribution < 1.29 is 14.3 Å². The Bertz CT molecular complexity index is 461. The van der Waals surface area contributed by atoms with E-state index in [9.17, 15) is 4.79 Å². The van der Waals surface area contributed by atoms with E-state index in [2.05, 4.69) is 0 Å². The van der Waals surface area contributed by atoms with Crippen LogP contribution in [0.25, 0.3) is 0 Å². The number of hydrogen-bond acceptors (Lipinski definition) is 3. The van der Waals surface area contributed by atoms with Crippen molar-refractivity contribution in [2.24, 2.45) is 11.3 Å². The molecular formula is C17H24O3. The average molecular weight is 276 g/mol. The van der Waals surface area contributed by atoms with Crippen LogP contribution in [0.1, 0.15) is 39.7 Å². The maximum Gasteiger partial charge on any atom is 0.312 e. The standard InChI is InChI=1S/C17H24O3/c1-16(2,3)20-15(18)17(4)10-14(17)12-19-11-13-8-6-5-7-9-13/h5-9,14H,10-12H2,1-4H3/t14?,17-/m0/s1. The van der Waals surface area contributed by atoms with Gasteiger partial charge in [0.25, 0.3) is 0 Å². The second-order valence-corrected chi connectivity index (χ2v) is 6.82. The lowest BCUT2D eigenvalue weighted by atomic mass is 10.1. The molecule has 20 heavy (non-hydrogen) atoms. The molecule has 1 aliphatic rings. The molecular weight excluding hydrogens is 252 g/mol. The van der Waals surface area contributed by atoms with Gasteiger partial charge in [0.1, 0.15) is 5.60 Å². The van der Waals surface area contributed by atoms with Crippen LogP contribution in [-0.4, -0.2) is 18.2 Å². The van der Waals surface area contributed by atoms with Gasteiger partial charge in [0.2, 0.25) is 0 Å². The van der Waals surface area contributed by atoms with Gasteiger partial charge in [-0.1, -0.05) is 30.3 Å². The van der Waals surface area contributed by atoms with E-state index in [0.717, 1.165) is 12.0 Å². The van der Waals surface area contributed by atoms with E-state index in [4.69, 9.17) is 9.47 Å². The Kier molecular flexibility index (Phi) is 4.19. The van der Waals surface area contributed by atoms with Crippen molar-refractivity contribution in [3.8, 4) is 0 Å². The molecule has 1 aromatic carbocycles. The fourth-order valence-electron chi connectivity index (χ4n) is 2.23. The maximum absolute atomic E-state index is 12.1. The third-order valence-electron chi connectivity index (χ3n) is 3.71. The molecule has 0 amide bonds. The predicted octanol–water partition coefficient (Wildman–Crippen LogP) is 3.57. The van der Waals surface area contributed by atoms with E-state index >= 15 is 0 Å². The van der Waals surface area contributed by atoms with Crippen molar-refractivity contribution in [3.63, 3.8) is 0 Å². The predicted molar refractivity (Wildman–Crippen MR) is 78.2 cm³/mol. The van der Waals surface area contributed by atoms with Crippen molar-refractivity contribution >= 4 is 5.97 Å². The fraction of sp³-hybridized carbons (Fsp3) is 0.588. The number of hydrogen-bond donors (Lipinski definition) is 0. The van der Waals surface area contributed by atoms with Crippen molar-refractivity contribution in [1.29, 1.82) is 0 Å². The van der Waals surface area contributed by atoms with Gasteiger partial charge < -0.3 is 9.47 Å². The largest absolute Gasteiger partial charge is 0.460 e. The highest BCUT2D eigenvalue weighted by Crippen LogP contribution is 2.53. The van der Waals surface area contributed by atoms with E-state index in [1.807, 2.05) is 58.0 Å². The average Bonchev–Trinajstić information content (AvgIpc) is 3.01. The number of benzene rings is 1. The molecule has 0 aromatic heterocycles. The number of rotatable bonds is 5. The Morgan fingerprint density at radius 2 is 1.95 bits per heavy atom. The van der Waals surface area contributed by atoms with Crippen molar-refractivity contribution in [2.75, 3.05) is 6.61 Å². The summed E-state index contributed by atoms with van der Waals surface area (Å²) in [5.41, 5.74) is 0.384. The third kappa shape index (κ3) is 3.83. The Morgan fingerprint density at radius 1 is 1.30 bits per heavy atom. The smallest absolute Gasteiger partial charge is 0.312 e. The zero-order valence-electron chi connectivity index (χ0n) is 12.8. The van der Waals surface area contributed by atoms with Gasteiger partial charge in [0.05, 0.1) is 18.6 Å². The highest BCUT2D eigenvalue weighted by atomic mass is 16.6. The molecule has 1 unspecified atom stereocenters. The topological polar surface area (TPSA) is 35.5 Å². The summed E-state index contributed by atoms with van der Waals surface area (Å²) in [7, 11) is 0. The van der Waals surface area contributed by atoms with Crippen LogP contribution in [0.15, 0.2) is 30.3 Å². The lowest BCUT2D eigenvalue weighted by Crippen LogP contribution is -2.29. The first-order valence-electron chi connectivity index (χ1n) is 7.16. The first-order chi connectivity index (χ1) is 9.31. The van der Waals surface area contributed by atoms with Crippen molar-refractivity contribution in [3.05, 3.63) is 35.9 Å². The Hall–Kier alpha value is -1.35. The summed E-state index contributed by atoms with van der Waals surface area (Å²) < 4.78 is 11.2. The van der Waals surface area contributed by atoms with Gasteiger partial charge in [-0.05, 0) is 45.6 Å². The van der Waals surface area contributed by atoms with Crippen LogP contribution in [0.3, 0.4) is 0 Å². The lowest BCUT2D eigenvalue weighted by molar-refractivity contribution is -0.162. The molecule has 2 atom stereocenters. The summed E-state index contributed by atoms with van der Waals surface area (Å²) >= 11 is 0. The van der Waals surface area contributed by atoms with Crippen LogP contribution in [0.5, 0.6) is 0 Å². The van der Waals surface area contributed by atoms with Crippen LogP contribution in [0, 0.1) is 11.3 Å². The quantitative estimate of drug-likeness (QED) is 0.771. The number of ether oxygens (including phenoxy) is 2. The maximum atomic E-state index is 12.1. The molecule has 1 fully saturated rings. The van der Waals surface area contributed by atoms with Crippen molar-refractivity contribution in [1.82, 2.24) is 0 Å². The van der Waals surface area contributed by atoms with Crippen LogP contribution in [0.4, 0.5) is 0 Å². The SMILES string of the molecule is CC(C)(C)OC(=O)[C@@]1(C)CC1COCc1ccccc1. The molecule has 1 saturated carbocycles. The molecule has 0 radical (unpaired) electrons. The molecule has 0 N–H and O–H groups in total. The van der Waals surface area contributed by atoms with E-state index in [1.54, 1.807) is 0 Å². The van der Waals surface area contributed by atoms with Gasteiger partial charge in [-0.25, -0.2) is 0 Å². The summed E-state index contributed by atoms with van der Waals surface area (Å²) in [4.78, 5) is 12.1. The monoisotopic (exact) mass is 276 g/mol. The second kappa shape index (κ2) is 5.57. The summed E-state index contributed by atoms with van der Waals surface area (Å²) in [6.45, 7) is 8.89. The molecule has 1 aliphatic carbocycles. The first kappa shape index (κ1) is 15.0. The van der Waals surface area contributed by atoms with Gasteiger partial charge in [0.15, 0.2) is 0 Å². The molecule has 0 saturated heterocycles. The van der Waals surface area contributed by atoms with Crippen LogP contribution >= 0.6 is 0 Å². The van der Waals surface area contributed by atoms with Crippen LogP contribution < -0.4 is 0 Å². The highest BCUT2D eigenvalue weighted by molar-refractivity contribution is 5.80. The van der Waals surface area contributed by atoms with Gasteiger partial charge in [0, 0.05) is 0 Å². The minimum atomic E-state index is -0.419. The van der Waals surface area contributed by atoms with Gasteiger partial charge in [-0.2, -0.15) is 0 Å². The molecule has 2 rings (SSSR count). The molecule has 3 nitrogen and oxygen atoms in total. The minimum absolute atomic E-state index is 0.0988. The van der Waals surface area contributed by atoms with E-state index in [-0.39, 0.29) is 17.3 Å². The summed E-state index contributed by atoms with van der Waals surface area (Å²) in [5, 5.41) is 0. The van der Waals surface area contributed by atoms with E-state index in [1.165, 1.54) is 0 Å². The molecule has 1 aromatic rings. The molecule has 110 valence electrons. The molecule has 0 spiro atoms. The Labute approximate surface area is 121 Å². The van der Waals surface area contributed by atoms with Crippen LogP contribution in [0.2, 0.25) is 0 Å². The van der Waals surface area contributed by atoms with Crippen molar-refractivity contribution in [2.45, 2.75) is 46.3 Å². The Balaban J connectivity index is 1.75. The first-order valence-corrected chi connectivity index (χ1v) is 7.16. The van der Waals surface area contributed by atoms with E-state index in [0.29, 0.717) is 13.2 Å². The van der Waals surface area contributed by atoms with Gasteiger partial charge in [-0.15, -0.1) is 0 Å². The third-order valence-corrected chi connectivity index (χ3v) is 3.71. The minimum Gasteiger partial charge on any atom is -0.460 e. The van der Waals surface area contributed by atoms with Gasteiger partial charge >= 0.3 is 5.97 Å². The molecule has 0 heterocycles. The fourth-order valence-corrected chi connectivity index (χ4v) is 2.23. The van der Waals surface area contributed by atoms with Gasteiger partial charge in [-0.3, -0.25) is 4.79 Å². The summed E-state index contributed by atoms with van der Waals surface area (Å²) in [5.74, 6) is 0.180. The number of carbonyl (C=O) groups is 1. The lowest BCUT2D eigenvalue weighted by Gasteiger charge is -2.22. The highest BCUT2D eigenvalue weighted by Gasteiger charge is 2.57. The number of esters is 1.